The molecule has 0 spiro atoms. The molecule has 0 aliphatic heterocycles. The summed E-state index contributed by atoms with van der Waals surface area (Å²) in [6.45, 7) is 7.27. The first-order chi connectivity index (χ1) is 20.0. The van der Waals surface area contributed by atoms with Gasteiger partial charge in [0.15, 0.2) is 0 Å². The van der Waals surface area contributed by atoms with E-state index < -0.39 is 18.4 Å². The Bertz CT molecular complexity index is 1020. The van der Waals surface area contributed by atoms with E-state index >= 15 is 0 Å². The maximum atomic E-state index is 10.4. The summed E-state index contributed by atoms with van der Waals surface area (Å²) in [7, 11) is 3.41. The van der Waals surface area contributed by atoms with Crippen molar-refractivity contribution in [3.8, 4) is 11.5 Å². The van der Waals surface area contributed by atoms with E-state index in [1.807, 2.05) is 12.1 Å². The fraction of sp³-hybridized carbons (Fsp3) is 0.556. The predicted molar refractivity (Wildman–Crippen MR) is 177 cm³/mol. The SMILES string of the molecule is CCC[CH2][Sn]([CH2]CCC)([CH2]CCC)[C](=C/CCO)/C(Cc1ccc(OC)cc1)=C(\CCO)Cc1ccc(OC)cc1. The molecule has 0 unspecified atom stereocenters. The van der Waals surface area contributed by atoms with E-state index in [0.717, 1.165) is 24.3 Å². The number of aliphatic hydroxyl groups is 2. The van der Waals surface area contributed by atoms with E-state index in [2.05, 4.69) is 63.2 Å². The van der Waals surface area contributed by atoms with Crippen LogP contribution < -0.4 is 9.47 Å². The Kier molecular flexibility index (Phi) is 17.5. The predicted octanol–water partition coefficient (Wildman–Crippen LogP) is 8.87. The van der Waals surface area contributed by atoms with Gasteiger partial charge in [0.1, 0.15) is 0 Å². The summed E-state index contributed by atoms with van der Waals surface area (Å²) in [5, 5.41) is 20.4. The molecule has 2 rings (SSSR count). The first-order valence-electron chi connectivity index (χ1n) is 15.9. The molecular formula is C36H56O4Sn. The van der Waals surface area contributed by atoms with E-state index in [9.17, 15) is 10.2 Å². The molecule has 4 nitrogen and oxygen atoms in total. The Labute approximate surface area is 254 Å². The van der Waals surface area contributed by atoms with Crippen molar-refractivity contribution >= 4 is 18.4 Å². The van der Waals surface area contributed by atoms with E-state index in [1.54, 1.807) is 17.8 Å². The fourth-order valence-corrected chi connectivity index (χ4v) is 23.5. The number of unbranched alkanes of at least 4 members (excludes halogenated alkanes) is 3. The Hall–Kier alpha value is -1.76. The van der Waals surface area contributed by atoms with Crippen LogP contribution in [0.15, 0.2) is 69.3 Å². The molecule has 0 heterocycles. The van der Waals surface area contributed by atoms with Gasteiger partial charge in [0.25, 0.3) is 0 Å². The molecule has 0 amide bonds. The van der Waals surface area contributed by atoms with Crippen LogP contribution in [0.2, 0.25) is 13.3 Å². The Morgan fingerprint density at radius 1 is 0.683 bits per heavy atom. The van der Waals surface area contributed by atoms with E-state index in [-0.39, 0.29) is 13.2 Å². The second kappa shape index (κ2) is 20.2. The van der Waals surface area contributed by atoms with Crippen molar-refractivity contribution in [1.29, 1.82) is 0 Å². The second-order valence-corrected chi connectivity index (χ2v) is 24.5. The molecule has 0 bridgehead atoms. The third kappa shape index (κ3) is 11.4. The van der Waals surface area contributed by atoms with Crippen LogP contribution >= 0.6 is 0 Å². The second-order valence-electron chi connectivity index (χ2n) is 11.3. The summed E-state index contributed by atoms with van der Waals surface area (Å²) in [5.41, 5.74) is 5.28. The summed E-state index contributed by atoms with van der Waals surface area (Å²) in [6.07, 6.45) is 13.0. The van der Waals surface area contributed by atoms with Crippen molar-refractivity contribution in [2.24, 2.45) is 0 Å². The van der Waals surface area contributed by atoms with E-state index in [0.29, 0.717) is 12.8 Å². The average molecular weight is 672 g/mol. The number of rotatable bonds is 21. The molecule has 5 heteroatoms. The molecule has 2 N–H and O–H groups in total. The first-order valence-corrected chi connectivity index (χ1v) is 23.4. The third-order valence-electron chi connectivity index (χ3n) is 8.36. The molecule has 0 saturated carbocycles. The quantitative estimate of drug-likeness (QED) is 0.103. The van der Waals surface area contributed by atoms with Gasteiger partial charge in [0.05, 0.1) is 0 Å². The zero-order valence-electron chi connectivity index (χ0n) is 26.5. The van der Waals surface area contributed by atoms with Gasteiger partial charge in [0, 0.05) is 0 Å². The minimum atomic E-state index is -2.93. The van der Waals surface area contributed by atoms with Gasteiger partial charge in [-0.1, -0.05) is 0 Å². The van der Waals surface area contributed by atoms with Crippen molar-refractivity contribution in [3.63, 3.8) is 0 Å². The van der Waals surface area contributed by atoms with Crippen molar-refractivity contribution in [2.45, 2.75) is 98.3 Å². The molecule has 0 aliphatic carbocycles. The molecule has 0 aliphatic rings. The standard InChI is InChI=1S/C24H29O4.3C4H9.Sn/c1-27-23-10-6-19(7-11-23)17-21(5-3-4-15-25)22(14-16-26)18-20-8-12-24(28-2)13-9-20;3*1-3-4-2;/h3,6-13,25-26H,4,14-18H2,1-2H3;3*1,3-4H2,2H3;/b5-3?,22-21-;;;;. The third-order valence-corrected chi connectivity index (χ3v) is 24.3. The molecule has 0 aromatic heterocycles. The van der Waals surface area contributed by atoms with E-state index in [4.69, 9.17) is 9.47 Å². The molecule has 0 fully saturated rings. The van der Waals surface area contributed by atoms with Gasteiger partial charge < -0.3 is 0 Å². The number of methoxy groups -OCH3 is 2. The van der Waals surface area contributed by atoms with Crippen LogP contribution in [-0.2, 0) is 12.8 Å². The van der Waals surface area contributed by atoms with Gasteiger partial charge in [-0.3, -0.25) is 0 Å². The van der Waals surface area contributed by atoms with Gasteiger partial charge in [0.2, 0.25) is 0 Å². The number of hydrogen-bond acceptors (Lipinski definition) is 4. The Balaban J connectivity index is 2.82. The number of benzene rings is 2. The van der Waals surface area contributed by atoms with Crippen LogP contribution in [-0.4, -0.2) is 56.0 Å². The molecule has 0 radical (unpaired) electrons. The molecule has 0 atom stereocenters. The van der Waals surface area contributed by atoms with Crippen LogP contribution in [0.1, 0.15) is 83.3 Å². The van der Waals surface area contributed by atoms with Crippen LogP contribution in [0.5, 0.6) is 11.5 Å². The van der Waals surface area contributed by atoms with Crippen molar-refractivity contribution in [2.75, 3.05) is 27.4 Å². The maximum absolute atomic E-state index is 10.4. The van der Waals surface area contributed by atoms with Crippen LogP contribution in [0.4, 0.5) is 0 Å². The summed E-state index contributed by atoms with van der Waals surface area (Å²) >= 11 is -2.93. The van der Waals surface area contributed by atoms with Crippen molar-refractivity contribution in [1.82, 2.24) is 0 Å². The van der Waals surface area contributed by atoms with Crippen LogP contribution in [0.3, 0.4) is 0 Å². The van der Waals surface area contributed by atoms with Crippen molar-refractivity contribution in [3.05, 3.63) is 80.5 Å². The normalized spacial score (nSPS) is 12.8. The topological polar surface area (TPSA) is 58.9 Å². The number of allylic oxidation sites excluding steroid dienone is 2. The van der Waals surface area contributed by atoms with Gasteiger partial charge in [-0.15, -0.1) is 0 Å². The first kappa shape index (κ1) is 35.4. The molecule has 0 saturated heterocycles. The van der Waals surface area contributed by atoms with Crippen molar-refractivity contribution < 1.29 is 19.7 Å². The van der Waals surface area contributed by atoms with Gasteiger partial charge in [-0.25, -0.2) is 0 Å². The van der Waals surface area contributed by atoms with Gasteiger partial charge in [-0.2, -0.15) is 0 Å². The summed E-state index contributed by atoms with van der Waals surface area (Å²) in [5.74, 6) is 1.73. The summed E-state index contributed by atoms with van der Waals surface area (Å²) in [6, 6.07) is 16.9. The average Bonchev–Trinajstić information content (AvgIpc) is 3.01. The summed E-state index contributed by atoms with van der Waals surface area (Å²) < 4.78 is 16.6. The molecule has 228 valence electrons. The molecule has 2 aromatic carbocycles. The molecule has 41 heavy (non-hydrogen) atoms. The molecule has 2 aromatic rings. The Morgan fingerprint density at radius 2 is 1.15 bits per heavy atom. The van der Waals surface area contributed by atoms with Crippen LogP contribution in [0.25, 0.3) is 0 Å². The number of aliphatic hydroxyl groups excluding tert-OH is 2. The van der Waals surface area contributed by atoms with Gasteiger partial charge >= 0.3 is 256 Å². The molecular weight excluding hydrogens is 615 g/mol. The minimum absolute atomic E-state index is 0.131. The van der Waals surface area contributed by atoms with Crippen LogP contribution in [0, 0.1) is 0 Å². The van der Waals surface area contributed by atoms with Gasteiger partial charge in [-0.05, 0) is 0 Å². The summed E-state index contributed by atoms with van der Waals surface area (Å²) in [4.78, 5) is 0. The van der Waals surface area contributed by atoms with E-state index in [1.165, 1.54) is 74.1 Å². The monoisotopic (exact) mass is 672 g/mol. The fourth-order valence-electron chi connectivity index (χ4n) is 6.02. The number of hydrogen-bond donors (Lipinski definition) is 2. The zero-order chi connectivity index (χ0) is 29.9. The Morgan fingerprint density at radius 3 is 1.54 bits per heavy atom. The number of ether oxygens (including phenoxy) is 2. The zero-order valence-corrected chi connectivity index (χ0v) is 29.4.